The molecule has 9 nitrogen and oxygen atoms in total. The van der Waals surface area contributed by atoms with E-state index in [1.165, 1.54) is 11.3 Å². The Bertz CT molecular complexity index is 1950. The van der Waals surface area contributed by atoms with Gasteiger partial charge in [0.25, 0.3) is 5.56 Å². The van der Waals surface area contributed by atoms with E-state index in [4.69, 9.17) is 35.3 Å². The average Bonchev–Trinajstić information content (AvgIpc) is 3.60. The highest BCUT2D eigenvalue weighted by Gasteiger charge is 2.34. The van der Waals surface area contributed by atoms with Gasteiger partial charge in [0, 0.05) is 5.02 Å². The van der Waals surface area contributed by atoms with Crippen LogP contribution in [0.5, 0.6) is 23.0 Å². The van der Waals surface area contributed by atoms with E-state index in [-0.39, 0.29) is 19.0 Å². The molecule has 1 unspecified atom stereocenters. The molecule has 0 amide bonds. The molecule has 6 rings (SSSR count). The number of aromatic nitrogens is 1. The number of esters is 1. The maximum Gasteiger partial charge on any atom is 0.338 e. The van der Waals surface area contributed by atoms with Gasteiger partial charge in [0.2, 0.25) is 6.79 Å². The summed E-state index contributed by atoms with van der Waals surface area (Å²) in [5.74, 6) is 1.76. The summed E-state index contributed by atoms with van der Waals surface area (Å²) in [6.45, 7) is 6.47. The van der Waals surface area contributed by atoms with Crippen molar-refractivity contribution in [1.29, 1.82) is 0 Å². The van der Waals surface area contributed by atoms with Crippen LogP contribution in [0.1, 0.15) is 43.5 Å². The molecule has 0 radical (unpaired) electrons. The Hall–Kier alpha value is -4.54. The number of rotatable bonds is 9. The van der Waals surface area contributed by atoms with Gasteiger partial charge in [-0.05, 0) is 79.9 Å². The van der Waals surface area contributed by atoms with Crippen molar-refractivity contribution >= 4 is 35.0 Å². The van der Waals surface area contributed by atoms with Gasteiger partial charge in [0.05, 0.1) is 35.1 Å². The number of halogens is 1. The van der Waals surface area contributed by atoms with Crippen molar-refractivity contribution in [2.45, 2.75) is 33.4 Å². The van der Waals surface area contributed by atoms with Crippen LogP contribution < -0.4 is 33.8 Å². The first-order valence-electron chi connectivity index (χ1n) is 14.1. The van der Waals surface area contributed by atoms with E-state index in [1.807, 2.05) is 55.5 Å². The Labute approximate surface area is 262 Å². The highest BCUT2D eigenvalue weighted by molar-refractivity contribution is 7.07. The van der Waals surface area contributed by atoms with Crippen molar-refractivity contribution in [3.05, 3.63) is 113 Å². The largest absolute Gasteiger partial charge is 0.490 e. The second-order valence-corrected chi connectivity index (χ2v) is 11.4. The van der Waals surface area contributed by atoms with Gasteiger partial charge in [0.15, 0.2) is 27.8 Å². The average molecular weight is 633 g/mol. The second kappa shape index (κ2) is 12.6. The normalized spacial score (nSPS) is 15.5. The lowest BCUT2D eigenvalue weighted by Gasteiger charge is -2.24. The van der Waals surface area contributed by atoms with Gasteiger partial charge in [-0.25, -0.2) is 9.79 Å². The summed E-state index contributed by atoms with van der Waals surface area (Å²) in [5.41, 5.74) is 2.90. The summed E-state index contributed by atoms with van der Waals surface area (Å²) in [4.78, 5) is 32.3. The van der Waals surface area contributed by atoms with Crippen molar-refractivity contribution in [2.24, 2.45) is 4.99 Å². The topological polar surface area (TPSA) is 97.6 Å². The highest BCUT2D eigenvalue weighted by atomic mass is 35.5. The van der Waals surface area contributed by atoms with Crippen LogP contribution in [0.25, 0.3) is 6.08 Å². The summed E-state index contributed by atoms with van der Waals surface area (Å²) in [7, 11) is 0. The van der Waals surface area contributed by atoms with Crippen LogP contribution in [-0.2, 0) is 16.1 Å². The lowest BCUT2D eigenvalue weighted by molar-refractivity contribution is -0.139. The zero-order valence-electron chi connectivity index (χ0n) is 24.3. The van der Waals surface area contributed by atoms with E-state index >= 15 is 0 Å². The van der Waals surface area contributed by atoms with Crippen LogP contribution in [0.3, 0.4) is 0 Å². The predicted octanol–water partition coefficient (Wildman–Crippen LogP) is 5.16. The molecule has 1 aromatic heterocycles. The van der Waals surface area contributed by atoms with E-state index in [0.717, 1.165) is 11.1 Å². The quantitative estimate of drug-likeness (QED) is 0.235. The molecule has 2 aliphatic heterocycles. The van der Waals surface area contributed by atoms with Crippen molar-refractivity contribution in [3.8, 4) is 23.0 Å². The molecule has 0 spiro atoms. The zero-order valence-corrected chi connectivity index (χ0v) is 25.9. The second-order valence-electron chi connectivity index (χ2n) is 9.97. The summed E-state index contributed by atoms with van der Waals surface area (Å²) in [5, 5.41) is 0.660. The van der Waals surface area contributed by atoms with E-state index in [2.05, 4.69) is 4.99 Å². The van der Waals surface area contributed by atoms with Gasteiger partial charge in [-0.15, -0.1) is 0 Å². The third kappa shape index (κ3) is 5.82. The van der Waals surface area contributed by atoms with Crippen molar-refractivity contribution in [3.63, 3.8) is 0 Å². The number of ether oxygens (including phenoxy) is 5. The van der Waals surface area contributed by atoms with Crippen LogP contribution in [0.4, 0.5) is 0 Å². The first-order chi connectivity index (χ1) is 21.4. The molecule has 11 heteroatoms. The molecule has 0 fully saturated rings. The Morgan fingerprint density at radius 3 is 2.59 bits per heavy atom. The van der Waals surface area contributed by atoms with Crippen LogP contribution in [-0.4, -0.2) is 30.5 Å². The Morgan fingerprint density at radius 2 is 1.82 bits per heavy atom. The summed E-state index contributed by atoms with van der Waals surface area (Å²) >= 11 is 7.24. The molecular formula is C33H29ClN2O7S. The Morgan fingerprint density at radius 1 is 1.02 bits per heavy atom. The molecule has 0 N–H and O–H groups in total. The fraction of sp³-hybridized carbons (Fsp3) is 0.242. The smallest absolute Gasteiger partial charge is 0.338 e. The molecule has 226 valence electrons. The fourth-order valence-corrected chi connectivity index (χ4v) is 6.26. The van der Waals surface area contributed by atoms with Crippen LogP contribution in [0, 0.1) is 0 Å². The van der Waals surface area contributed by atoms with Crippen molar-refractivity contribution in [2.75, 3.05) is 20.0 Å². The monoisotopic (exact) mass is 632 g/mol. The van der Waals surface area contributed by atoms with Gasteiger partial charge < -0.3 is 23.7 Å². The van der Waals surface area contributed by atoms with E-state index in [1.54, 1.807) is 36.6 Å². The first kappa shape index (κ1) is 29.5. The fourth-order valence-electron chi connectivity index (χ4n) is 5.09. The zero-order chi connectivity index (χ0) is 30.8. The molecule has 1 atom stereocenters. The van der Waals surface area contributed by atoms with Crippen molar-refractivity contribution < 1.29 is 28.5 Å². The molecule has 3 aromatic carbocycles. The molecule has 3 heterocycles. The van der Waals surface area contributed by atoms with Gasteiger partial charge in [-0.3, -0.25) is 9.36 Å². The molecule has 2 aliphatic rings. The first-order valence-corrected chi connectivity index (χ1v) is 15.3. The third-order valence-corrected chi connectivity index (χ3v) is 8.34. The number of benzene rings is 3. The van der Waals surface area contributed by atoms with Gasteiger partial charge in [-0.2, -0.15) is 0 Å². The summed E-state index contributed by atoms with van der Waals surface area (Å²) < 4.78 is 30.4. The number of carbonyl (C=O) groups is 1. The molecule has 0 bridgehead atoms. The molecule has 0 aliphatic carbocycles. The minimum absolute atomic E-state index is 0.107. The summed E-state index contributed by atoms with van der Waals surface area (Å²) in [6, 6.07) is 17.6. The minimum atomic E-state index is -0.760. The number of fused-ring (bicyclic) bond motifs is 2. The van der Waals surface area contributed by atoms with E-state index in [9.17, 15) is 9.59 Å². The molecular weight excluding hydrogens is 604 g/mol. The lowest BCUT2D eigenvalue weighted by atomic mass is 9.95. The maximum absolute atomic E-state index is 14.0. The van der Waals surface area contributed by atoms with Crippen molar-refractivity contribution in [1.82, 2.24) is 4.57 Å². The standard InChI is InChI=1S/C33H29ClN2O7S/c1-4-39-26-14-21(8-12-24(26)41-17-20-6-10-23(34)11-7-20)15-28-31(37)36-30(22-9-13-25-27(16-22)43-18-42-25)29(32(38)40-5-2)19(3)35-33(36)44-28/h6-16,30H,4-5,17-18H2,1-3H3/b28-15-. The predicted molar refractivity (Wildman–Crippen MR) is 166 cm³/mol. The molecule has 44 heavy (non-hydrogen) atoms. The number of carbonyl (C=O) groups excluding carboxylic acids is 1. The maximum atomic E-state index is 14.0. The van der Waals surface area contributed by atoms with Gasteiger partial charge in [-0.1, -0.05) is 47.2 Å². The van der Waals surface area contributed by atoms with E-state index in [0.29, 0.717) is 67.4 Å². The number of allylic oxidation sites excluding steroid dienone is 1. The van der Waals surface area contributed by atoms with Crippen LogP contribution in [0.2, 0.25) is 5.02 Å². The van der Waals surface area contributed by atoms with Crippen LogP contribution >= 0.6 is 22.9 Å². The third-order valence-electron chi connectivity index (χ3n) is 7.10. The van der Waals surface area contributed by atoms with Gasteiger partial charge in [0.1, 0.15) is 6.61 Å². The molecule has 4 aromatic rings. The Kier molecular flexibility index (Phi) is 8.45. The number of hydrogen-bond donors (Lipinski definition) is 0. The number of nitrogens with zero attached hydrogens (tertiary/aromatic N) is 2. The highest BCUT2D eigenvalue weighted by Crippen LogP contribution is 2.38. The van der Waals surface area contributed by atoms with E-state index < -0.39 is 12.0 Å². The summed E-state index contributed by atoms with van der Waals surface area (Å²) in [6.07, 6.45) is 1.79. The lowest BCUT2D eigenvalue weighted by Crippen LogP contribution is -2.39. The van der Waals surface area contributed by atoms with Gasteiger partial charge >= 0.3 is 5.97 Å². The van der Waals surface area contributed by atoms with Crippen LogP contribution in [0.15, 0.2) is 81.7 Å². The molecule has 0 saturated carbocycles. The minimum Gasteiger partial charge on any atom is -0.490 e. The molecule has 0 saturated heterocycles. The SMILES string of the molecule is CCOC(=O)C1=C(C)N=c2s/c(=C\c3ccc(OCc4ccc(Cl)cc4)c(OCC)c3)c(=O)n2C1c1ccc2c(c1)OCO2. The number of hydrogen-bond acceptors (Lipinski definition) is 9. The number of thiazole rings is 1. The Balaban J connectivity index is 1.39.